The summed E-state index contributed by atoms with van der Waals surface area (Å²) in [5.41, 5.74) is 6.51. The van der Waals surface area contributed by atoms with Crippen molar-refractivity contribution in [3.05, 3.63) is 18.2 Å². The van der Waals surface area contributed by atoms with E-state index < -0.39 is 6.04 Å². The second-order valence-electron chi connectivity index (χ2n) is 2.78. The van der Waals surface area contributed by atoms with Gasteiger partial charge >= 0.3 is 0 Å². The lowest BCUT2D eigenvalue weighted by Crippen LogP contribution is -2.41. The largest absolute Gasteiger partial charge is 0.355 e. The highest BCUT2D eigenvalue weighted by Gasteiger charge is 2.12. The second-order valence-corrected chi connectivity index (χ2v) is 2.78. The van der Waals surface area contributed by atoms with E-state index in [9.17, 15) is 4.79 Å². The number of carbonyl (C=O) groups excluding carboxylic acids is 1. The van der Waals surface area contributed by atoms with Crippen LogP contribution in [0.4, 0.5) is 0 Å². The molecular weight excluding hydrogens is 168 g/mol. The number of nitrogens with two attached hydrogens (primary N) is 1. The molecule has 5 heteroatoms. The van der Waals surface area contributed by atoms with Crippen LogP contribution in [-0.2, 0) is 11.2 Å². The number of aromatic nitrogens is 2. The third-order valence-electron chi connectivity index (χ3n) is 1.68. The van der Waals surface area contributed by atoms with E-state index in [1.807, 2.05) is 6.92 Å². The number of aromatic amines is 1. The van der Waals surface area contributed by atoms with Gasteiger partial charge in [0.25, 0.3) is 0 Å². The van der Waals surface area contributed by atoms with Crippen molar-refractivity contribution in [1.29, 1.82) is 0 Å². The van der Waals surface area contributed by atoms with E-state index in [-0.39, 0.29) is 5.91 Å². The van der Waals surface area contributed by atoms with Gasteiger partial charge in [-0.05, 0) is 6.92 Å². The maximum Gasteiger partial charge on any atom is 0.237 e. The van der Waals surface area contributed by atoms with Crippen LogP contribution in [0.5, 0.6) is 0 Å². The number of carbonyl (C=O) groups is 1. The average Bonchev–Trinajstić information content (AvgIpc) is 2.57. The minimum Gasteiger partial charge on any atom is -0.355 e. The molecule has 0 radical (unpaired) electrons. The highest BCUT2D eigenvalue weighted by atomic mass is 16.2. The van der Waals surface area contributed by atoms with Crippen molar-refractivity contribution in [3.63, 3.8) is 0 Å². The summed E-state index contributed by atoms with van der Waals surface area (Å²) in [6.07, 6.45) is 3.73. The van der Waals surface area contributed by atoms with Crippen molar-refractivity contribution < 1.29 is 4.79 Å². The van der Waals surface area contributed by atoms with Crippen LogP contribution in [0.3, 0.4) is 0 Å². The zero-order valence-corrected chi connectivity index (χ0v) is 7.58. The zero-order valence-electron chi connectivity index (χ0n) is 7.58. The minimum absolute atomic E-state index is 0.128. The van der Waals surface area contributed by atoms with Crippen LogP contribution >= 0.6 is 0 Å². The Balaban J connectivity index is 2.41. The monoisotopic (exact) mass is 182 g/mol. The molecule has 0 fully saturated rings. The first-order valence-electron chi connectivity index (χ1n) is 4.24. The summed E-state index contributed by atoms with van der Waals surface area (Å²) >= 11 is 0. The standard InChI is InChI=1S/C8H14N4O/c1-2-11-8(13)7(9)3-6-4-10-5-12-6/h4-5,7H,2-3,9H2,1H3,(H,10,12)(H,11,13). The van der Waals surface area contributed by atoms with Crippen molar-refractivity contribution >= 4 is 5.91 Å². The Morgan fingerprint density at radius 1 is 1.85 bits per heavy atom. The fourth-order valence-corrected chi connectivity index (χ4v) is 1.03. The van der Waals surface area contributed by atoms with Gasteiger partial charge in [-0.2, -0.15) is 0 Å². The summed E-state index contributed by atoms with van der Waals surface area (Å²) in [5, 5.41) is 2.66. The van der Waals surface area contributed by atoms with E-state index in [1.54, 1.807) is 12.5 Å². The number of nitrogens with one attached hydrogen (secondary N) is 2. The summed E-state index contributed by atoms with van der Waals surface area (Å²) in [6, 6.07) is -0.500. The molecule has 1 aromatic heterocycles. The van der Waals surface area contributed by atoms with E-state index in [4.69, 9.17) is 5.73 Å². The van der Waals surface area contributed by atoms with Gasteiger partial charge in [-0.25, -0.2) is 4.98 Å². The van der Waals surface area contributed by atoms with Gasteiger partial charge in [-0.15, -0.1) is 0 Å². The van der Waals surface area contributed by atoms with Gasteiger partial charge in [0.1, 0.15) is 0 Å². The first-order chi connectivity index (χ1) is 6.24. The smallest absolute Gasteiger partial charge is 0.237 e. The van der Waals surface area contributed by atoms with Gasteiger partial charge in [-0.1, -0.05) is 0 Å². The van der Waals surface area contributed by atoms with Crippen LogP contribution in [0.15, 0.2) is 12.5 Å². The molecule has 1 heterocycles. The molecule has 0 aliphatic carbocycles. The molecule has 0 saturated heterocycles. The number of nitrogens with zero attached hydrogens (tertiary/aromatic N) is 1. The third-order valence-corrected chi connectivity index (χ3v) is 1.68. The first kappa shape index (κ1) is 9.73. The molecule has 13 heavy (non-hydrogen) atoms. The summed E-state index contributed by atoms with van der Waals surface area (Å²) in [6.45, 7) is 2.47. The molecule has 0 aromatic carbocycles. The molecule has 1 aromatic rings. The number of rotatable bonds is 4. The Labute approximate surface area is 76.7 Å². The Hall–Kier alpha value is -1.36. The van der Waals surface area contributed by atoms with Crippen LogP contribution in [0.1, 0.15) is 12.6 Å². The highest BCUT2D eigenvalue weighted by Crippen LogP contribution is 1.95. The molecule has 1 atom stereocenters. The minimum atomic E-state index is -0.500. The lowest BCUT2D eigenvalue weighted by molar-refractivity contribution is -0.122. The molecule has 1 rings (SSSR count). The molecule has 1 amide bonds. The summed E-state index contributed by atoms with van der Waals surface area (Å²) < 4.78 is 0. The first-order valence-corrected chi connectivity index (χ1v) is 4.24. The van der Waals surface area contributed by atoms with Gasteiger partial charge in [0.05, 0.1) is 12.4 Å². The van der Waals surface area contributed by atoms with E-state index in [0.717, 1.165) is 5.69 Å². The summed E-state index contributed by atoms with van der Waals surface area (Å²) in [4.78, 5) is 17.9. The Morgan fingerprint density at radius 2 is 2.62 bits per heavy atom. The lowest BCUT2D eigenvalue weighted by atomic mass is 10.1. The van der Waals surface area contributed by atoms with Crippen LogP contribution in [-0.4, -0.2) is 28.5 Å². The van der Waals surface area contributed by atoms with Crippen molar-refractivity contribution in [2.75, 3.05) is 6.54 Å². The fourth-order valence-electron chi connectivity index (χ4n) is 1.03. The molecule has 0 aliphatic rings. The topological polar surface area (TPSA) is 83.8 Å². The second kappa shape index (κ2) is 4.61. The summed E-state index contributed by atoms with van der Waals surface area (Å²) in [5.74, 6) is -0.128. The van der Waals surface area contributed by atoms with Crippen molar-refractivity contribution in [2.45, 2.75) is 19.4 Å². The molecule has 0 bridgehead atoms. The van der Waals surface area contributed by atoms with Crippen LogP contribution < -0.4 is 11.1 Å². The van der Waals surface area contributed by atoms with Gasteiger partial charge in [0.15, 0.2) is 0 Å². The Morgan fingerprint density at radius 3 is 3.15 bits per heavy atom. The van der Waals surface area contributed by atoms with Gasteiger partial charge in [0, 0.05) is 24.9 Å². The van der Waals surface area contributed by atoms with E-state index >= 15 is 0 Å². The quantitative estimate of drug-likeness (QED) is 0.582. The number of amides is 1. The maximum absolute atomic E-state index is 11.2. The molecule has 0 aliphatic heterocycles. The van der Waals surface area contributed by atoms with E-state index in [1.165, 1.54) is 0 Å². The zero-order chi connectivity index (χ0) is 9.68. The number of hydrogen-bond acceptors (Lipinski definition) is 3. The van der Waals surface area contributed by atoms with Gasteiger partial charge in [-0.3, -0.25) is 4.79 Å². The summed E-state index contributed by atoms with van der Waals surface area (Å²) in [7, 11) is 0. The van der Waals surface area contributed by atoms with Gasteiger partial charge in [0.2, 0.25) is 5.91 Å². The highest BCUT2D eigenvalue weighted by molar-refractivity contribution is 5.81. The normalized spacial score (nSPS) is 12.5. The molecular formula is C8H14N4O. The lowest BCUT2D eigenvalue weighted by Gasteiger charge is -2.09. The molecule has 0 saturated carbocycles. The molecule has 4 N–H and O–H groups in total. The van der Waals surface area contributed by atoms with Crippen molar-refractivity contribution in [3.8, 4) is 0 Å². The molecule has 5 nitrogen and oxygen atoms in total. The number of H-pyrrole nitrogens is 1. The van der Waals surface area contributed by atoms with Crippen LogP contribution in [0.2, 0.25) is 0 Å². The predicted molar refractivity (Wildman–Crippen MR) is 49.0 cm³/mol. The molecule has 0 spiro atoms. The number of likely N-dealkylation sites (N-methyl/N-ethyl adjacent to an activating group) is 1. The SMILES string of the molecule is CCNC(=O)C(N)Cc1cnc[nH]1. The van der Waals surface area contributed by atoms with Crippen LogP contribution in [0.25, 0.3) is 0 Å². The predicted octanol–water partition coefficient (Wildman–Crippen LogP) is -0.584. The maximum atomic E-state index is 11.2. The van der Waals surface area contributed by atoms with E-state index in [2.05, 4.69) is 15.3 Å². The van der Waals surface area contributed by atoms with Gasteiger partial charge < -0.3 is 16.0 Å². The number of hydrogen-bond donors (Lipinski definition) is 3. The Bertz CT molecular complexity index is 257. The van der Waals surface area contributed by atoms with Crippen molar-refractivity contribution in [1.82, 2.24) is 15.3 Å². The van der Waals surface area contributed by atoms with E-state index in [0.29, 0.717) is 13.0 Å². The average molecular weight is 182 g/mol. The fraction of sp³-hybridized carbons (Fsp3) is 0.500. The molecule has 72 valence electrons. The third kappa shape index (κ3) is 2.87. The van der Waals surface area contributed by atoms with Crippen molar-refractivity contribution in [2.24, 2.45) is 5.73 Å². The number of imidazole rings is 1. The van der Waals surface area contributed by atoms with Crippen LogP contribution in [0, 0.1) is 0 Å². The Kier molecular flexibility index (Phi) is 3.45. The molecule has 1 unspecified atom stereocenters.